The van der Waals surface area contributed by atoms with E-state index in [4.69, 9.17) is 14.5 Å². The lowest BCUT2D eigenvalue weighted by molar-refractivity contribution is -0.383. The SMILES string of the molecule is CCCCCc1cc(NCc2ccccc2)c([N+](=O)[O-])c(N(Cc2ccc(OC)cc2)Cc2ccc(OC)cc2)n1. The molecule has 0 aliphatic rings. The minimum Gasteiger partial charge on any atom is -0.497 e. The van der Waals surface area contributed by atoms with Crippen LogP contribution in [0.2, 0.25) is 0 Å². The summed E-state index contributed by atoms with van der Waals surface area (Å²) in [4.78, 5) is 19.3. The number of pyridine rings is 1. The summed E-state index contributed by atoms with van der Waals surface area (Å²) in [5.41, 5.74) is 4.31. The highest BCUT2D eigenvalue weighted by atomic mass is 16.6. The molecular weight excluding hydrogens is 516 g/mol. The van der Waals surface area contributed by atoms with Gasteiger partial charge in [-0.15, -0.1) is 0 Å². The van der Waals surface area contributed by atoms with Crippen LogP contribution in [0.15, 0.2) is 84.9 Å². The first-order valence-electron chi connectivity index (χ1n) is 14.0. The van der Waals surface area contributed by atoms with Gasteiger partial charge in [0.2, 0.25) is 5.82 Å². The minimum absolute atomic E-state index is 0.0257. The molecule has 0 bridgehead atoms. The van der Waals surface area contributed by atoms with Crippen molar-refractivity contribution in [2.75, 3.05) is 24.4 Å². The maximum atomic E-state index is 12.7. The summed E-state index contributed by atoms with van der Waals surface area (Å²) < 4.78 is 10.7. The molecule has 214 valence electrons. The Morgan fingerprint density at radius 1 is 0.829 bits per heavy atom. The molecule has 8 nitrogen and oxygen atoms in total. The van der Waals surface area contributed by atoms with Crippen molar-refractivity contribution in [1.29, 1.82) is 0 Å². The Hall–Kier alpha value is -4.59. The molecule has 0 aliphatic heterocycles. The molecule has 0 spiro atoms. The second-order valence-corrected chi connectivity index (χ2v) is 9.94. The van der Waals surface area contributed by atoms with E-state index in [0.29, 0.717) is 31.1 Å². The number of hydrogen-bond acceptors (Lipinski definition) is 7. The number of anilines is 2. The zero-order valence-electron chi connectivity index (χ0n) is 24.0. The second-order valence-electron chi connectivity index (χ2n) is 9.94. The molecule has 1 aromatic heterocycles. The summed E-state index contributed by atoms with van der Waals surface area (Å²) in [5, 5.41) is 16.0. The Labute approximate surface area is 242 Å². The Morgan fingerprint density at radius 3 is 1.93 bits per heavy atom. The highest BCUT2D eigenvalue weighted by Gasteiger charge is 2.28. The molecule has 0 aliphatic carbocycles. The number of nitrogens with zero attached hydrogens (tertiary/aromatic N) is 3. The summed E-state index contributed by atoms with van der Waals surface area (Å²) in [7, 11) is 3.26. The van der Waals surface area contributed by atoms with E-state index in [9.17, 15) is 10.1 Å². The fraction of sp³-hybridized carbons (Fsp3) is 0.303. The van der Waals surface area contributed by atoms with E-state index >= 15 is 0 Å². The highest BCUT2D eigenvalue weighted by Crippen LogP contribution is 2.37. The van der Waals surface area contributed by atoms with E-state index in [1.165, 1.54) is 0 Å². The molecule has 0 atom stereocenters. The van der Waals surface area contributed by atoms with Gasteiger partial charge in [0, 0.05) is 25.3 Å². The Morgan fingerprint density at radius 2 is 1.41 bits per heavy atom. The molecule has 1 N–H and O–H groups in total. The van der Waals surface area contributed by atoms with Crippen molar-refractivity contribution in [3.63, 3.8) is 0 Å². The largest absolute Gasteiger partial charge is 0.497 e. The normalized spacial score (nSPS) is 10.7. The van der Waals surface area contributed by atoms with Gasteiger partial charge in [0.1, 0.15) is 17.2 Å². The molecule has 0 unspecified atom stereocenters. The Kier molecular flexibility index (Phi) is 10.5. The van der Waals surface area contributed by atoms with Gasteiger partial charge in [0.15, 0.2) is 0 Å². The molecule has 4 aromatic rings. The summed E-state index contributed by atoms with van der Waals surface area (Å²) >= 11 is 0. The smallest absolute Gasteiger partial charge is 0.334 e. The molecule has 3 aromatic carbocycles. The number of methoxy groups -OCH3 is 2. The van der Waals surface area contributed by atoms with Gasteiger partial charge in [-0.1, -0.05) is 74.4 Å². The number of nitrogens with one attached hydrogen (secondary N) is 1. The summed E-state index contributed by atoms with van der Waals surface area (Å²) in [6, 6.07) is 27.2. The van der Waals surface area contributed by atoms with E-state index in [1.807, 2.05) is 89.8 Å². The number of rotatable bonds is 15. The lowest BCUT2D eigenvalue weighted by Gasteiger charge is -2.26. The molecule has 0 fully saturated rings. The molecule has 0 radical (unpaired) electrons. The lowest BCUT2D eigenvalue weighted by atomic mass is 10.1. The molecule has 1 heterocycles. The predicted octanol–water partition coefficient (Wildman–Crippen LogP) is 7.56. The Balaban J connectivity index is 1.78. The van der Waals surface area contributed by atoms with Crippen LogP contribution in [0.25, 0.3) is 0 Å². The van der Waals surface area contributed by atoms with E-state index < -0.39 is 0 Å². The predicted molar refractivity (Wildman–Crippen MR) is 164 cm³/mol. The first-order chi connectivity index (χ1) is 20.0. The van der Waals surface area contributed by atoms with Crippen LogP contribution in [-0.4, -0.2) is 24.1 Å². The van der Waals surface area contributed by atoms with Gasteiger partial charge in [-0.25, -0.2) is 4.98 Å². The van der Waals surface area contributed by atoms with Crippen molar-refractivity contribution in [1.82, 2.24) is 4.98 Å². The van der Waals surface area contributed by atoms with E-state index in [-0.39, 0.29) is 10.6 Å². The van der Waals surface area contributed by atoms with Crippen molar-refractivity contribution in [2.24, 2.45) is 0 Å². The topological polar surface area (TPSA) is 89.8 Å². The summed E-state index contributed by atoms with van der Waals surface area (Å²) in [6.07, 6.45) is 3.87. The van der Waals surface area contributed by atoms with Crippen LogP contribution in [0.4, 0.5) is 17.2 Å². The van der Waals surface area contributed by atoms with Crippen molar-refractivity contribution < 1.29 is 14.4 Å². The van der Waals surface area contributed by atoms with Crippen LogP contribution >= 0.6 is 0 Å². The lowest BCUT2D eigenvalue weighted by Crippen LogP contribution is -2.25. The van der Waals surface area contributed by atoms with Gasteiger partial charge < -0.3 is 19.7 Å². The summed E-state index contributed by atoms with van der Waals surface area (Å²) in [6.45, 7) is 3.49. The fourth-order valence-corrected chi connectivity index (χ4v) is 4.70. The summed E-state index contributed by atoms with van der Waals surface area (Å²) in [5.74, 6) is 1.86. The molecular formula is C33H38N4O4. The van der Waals surface area contributed by atoms with Crippen LogP contribution < -0.4 is 19.7 Å². The van der Waals surface area contributed by atoms with E-state index in [2.05, 4.69) is 12.2 Å². The molecule has 8 heteroatoms. The van der Waals surface area contributed by atoms with Crippen molar-refractivity contribution in [3.8, 4) is 11.5 Å². The number of nitro groups is 1. The van der Waals surface area contributed by atoms with Crippen LogP contribution in [0, 0.1) is 10.1 Å². The quantitative estimate of drug-likeness (QED) is 0.0921. The first kappa shape index (κ1) is 29.4. The number of aryl methyl sites for hydroxylation is 1. The third-order valence-corrected chi connectivity index (χ3v) is 6.94. The molecule has 41 heavy (non-hydrogen) atoms. The average Bonchev–Trinajstić information content (AvgIpc) is 3.00. The van der Waals surface area contributed by atoms with Crippen LogP contribution in [0.5, 0.6) is 11.5 Å². The van der Waals surface area contributed by atoms with Gasteiger partial charge in [0.05, 0.1) is 19.1 Å². The van der Waals surface area contributed by atoms with Crippen molar-refractivity contribution >= 4 is 17.2 Å². The monoisotopic (exact) mass is 554 g/mol. The molecule has 0 amide bonds. The molecule has 0 saturated carbocycles. The number of benzene rings is 3. The van der Waals surface area contributed by atoms with Gasteiger partial charge in [-0.05, 0) is 59.9 Å². The van der Waals surface area contributed by atoms with Crippen LogP contribution in [0.1, 0.15) is 48.6 Å². The minimum atomic E-state index is -0.319. The molecule has 0 saturated heterocycles. The maximum Gasteiger partial charge on any atom is 0.334 e. The second kappa shape index (κ2) is 14.7. The standard InChI is InChI=1S/C33H38N4O4/c1-4-5-7-12-28-21-31(34-22-25-10-8-6-9-11-25)32(37(38)39)33(35-28)36(23-26-13-17-29(40-2)18-14-26)24-27-15-19-30(41-3)20-16-27/h6,8-11,13-21H,4-5,7,12,22-24H2,1-3H3,(H,34,35). The average molecular weight is 555 g/mol. The van der Waals surface area contributed by atoms with Crippen molar-refractivity contribution in [2.45, 2.75) is 52.2 Å². The molecule has 4 rings (SSSR count). The first-order valence-corrected chi connectivity index (χ1v) is 14.0. The van der Waals surface area contributed by atoms with Gasteiger partial charge >= 0.3 is 5.69 Å². The third kappa shape index (κ3) is 8.20. The number of ether oxygens (including phenoxy) is 2. The van der Waals surface area contributed by atoms with Gasteiger partial charge in [-0.2, -0.15) is 0 Å². The zero-order chi connectivity index (χ0) is 29.0. The highest BCUT2D eigenvalue weighted by molar-refractivity contribution is 5.75. The van der Waals surface area contributed by atoms with Crippen LogP contribution in [0.3, 0.4) is 0 Å². The van der Waals surface area contributed by atoms with Gasteiger partial charge in [0.25, 0.3) is 0 Å². The number of aromatic nitrogens is 1. The van der Waals surface area contributed by atoms with Crippen LogP contribution in [-0.2, 0) is 26.1 Å². The zero-order valence-corrected chi connectivity index (χ0v) is 24.0. The fourth-order valence-electron chi connectivity index (χ4n) is 4.70. The number of unbranched alkanes of at least 4 members (excludes halogenated alkanes) is 2. The Bertz CT molecular complexity index is 1340. The maximum absolute atomic E-state index is 12.7. The van der Waals surface area contributed by atoms with Gasteiger partial charge in [-0.3, -0.25) is 10.1 Å². The van der Waals surface area contributed by atoms with E-state index in [0.717, 1.165) is 59.6 Å². The third-order valence-electron chi connectivity index (χ3n) is 6.94. The van der Waals surface area contributed by atoms with Crippen molar-refractivity contribution in [3.05, 3.63) is 117 Å². The van der Waals surface area contributed by atoms with E-state index in [1.54, 1.807) is 14.2 Å². The number of hydrogen-bond donors (Lipinski definition) is 1.